The molecule has 10 rings (SSSR count). The van der Waals surface area contributed by atoms with Crippen LogP contribution in [-0.2, 0) is 0 Å². The van der Waals surface area contributed by atoms with Gasteiger partial charge in [-0.1, -0.05) is 91.0 Å². The Bertz CT molecular complexity index is 2760. The molecule has 10 aromatic rings. The molecule has 0 bridgehead atoms. The lowest BCUT2D eigenvalue weighted by Gasteiger charge is -2.25. The molecule has 51 heavy (non-hydrogen) atoms. The molecule has 0 aliphatic heterocycles. The molecule has 3 heterocycles. The molecule has 0 spiro atoms. The van der Waals surface area contributed by atoms with Crippen molar-refractivity contribution < 1.29 is 4.42 Å². The standard InChI is InChI=1S/C46H30N4O/c1-3-13-35(14-4-1)49(36-15-5-2-6-16-36)37-24-21-31(22-25-37)33-28-34(46-48-45-43(51-46)26-23-32-12-11-27-47-44(32)45)30-38(29-33)50-41-19-9-7-17-39(41)40-18-8-10-20-42(40)50/h1-30H. The summed E-state index contributed by atoms with van der Waals surface area (Å²) in [5, 5.41) is 3.46. The minimum atomic E-state index is 0.558. The van der Waals surface area contributed by atoms with E-state index in [0.717, 1.165) is 66.9 Å². The SMILES string of the molecule is c1ccc(N(c2ccccc2)c2ccc(-c3cc(-c4nc5c(ccc6cccnc65)o4)cc(-n4c5ccccc5c5ccccc54)c3)cc2)cc1. The van der Waals surface area contributed by atoms with Gasteiger partial charge in [0.1, 0.15) is 5.52 Å². The molecule has 0 fully saturated rings. The van der Waals surface area contributed by atoms with Crippen LogP contribution in [0.3, 0.4) is 0 Å². The van der Waals surface area contributed by atoms with Gasteiger partial charge in [0.25, 0.3) is 0 Å². The van der Waals surface area contributed by atoms with Gasteiger partial charge in [-0.25, -0.2) is 4.98 Å². The van der Waals surface area contributed by atoms with Crippen molar-refractivity contribution in [1.29, 1.82) is 0 Å². The van der Waals surface area contributed by atoms with Crippen LogP contribution < -0.4 is 4.90 Å². The summed E-state index contributed by atoms with van der Waals surface area (Å²) in [6.07, 6.45) is 1.80. The van der Waals surface area contributed by atoms with E-state index < -0.39 is 0 Å². The lowest BCUT2D eigenvalue weighted by molar-refractivity contribution is 0.620. The number of fused-ring (bicyclic) bond motifs is 6. The fourth-order valence-corrected chi connectivity index (χ4v) is 7.29. The van der Waals surface area contributed by atoms with Crippen LogP contribution in [-0.4, -0.2) is 14.5 Å². The predicted octanol–water partition coefficient (Wildman–Crippen LogP) is 12.3. The largest absolute Gasteiger partial charge is 0.436 e. The molecule has 0 aliphatic carbocycles. The lowest BCUT2D eigenvalue weighted by Crippen LogP contribution is -2.09. The summed E-state index contributed by atoms with van der Waals surface area (Å²) >= 11 is 0. The van der Waals surface area contributed by atoms with Gasteiger partial charge in [0.2, 0.25) is 5.89 Å². The molecule has 0 atom stereocenters. The number of hydrogen-bond donors (Lipinski definition) is 0. The van der Waals surface area contributed by atoms with Crippen LogP contribution in [0.25, 0.3) is 72.1 Å². The van der Waals surface area contributed by atoms with Crippen molar-refractivity contribution in [3.05, 3.63) is 182 Å². The van der Waals surface area contributed by atoms with Gasteiger partial charge in [-0.2, -0.15) is 0 Å². The van der Waals surface area contributed by atoms with Gasteiger partial charge in [-0.15, -0.1) is 0 Å². The number of benzene rings is 7. The average Bonchev–Trinajstić information content (AvgIpc) is 3.79. The van der Waals surface area contributed by atoms with Gasteiger partial charge in [0.05, 0.1) is 16.6 Å². The van der Waals surface area contributed by atoms with Crippen LogP contribution in [0.1, 0.15) is 0 Å². The van der Waals surface area contributed by atoms with E-state index in [1.807, 2.05) is 30.3 Å². The fourth-order valence-electron chi connectivity index (χ4n) is 7.29. The molecule has 0 aliphatic rings. The molecule has 0 amide bonds. The van der Waals surface area contributed by atoms with Crippen molar-refractivity contribution >= 4 is 60.9 Å². The first-order valence-corrected chi connectivity index (χ1v) is 17.1. The molecule has 5 nitrogen and oxygen atoms in total. The van der Waals surface area contributed by atoms with Crippen molar-refractivity contribution in [2.45, 2.75) is 0 Å². The topological polar surface area (TPSA) is 47.1 Å². The molecule has 0 saturated carbocycles. The summed E-state index contributed by atoms with van der Waals surface area (Å²) in [6.45, 7) is 0. The minimum Gasteiger partial charge on any atom is -0.436 e. The van der Waals surface area contributed by atoms with Gasteiger partial charge >= 0.3 is 0 Å². The van der Waals surface area contributed by atoms with E-state index in [1.165, 1.54) is 10.8 Å². The van der Waals surface area contributed by atoms with E-state index in [-0.39, 0.29) is 0 Å². The summed E-state index contributed by atoms with van der Waals surface area (Å²) in [4.78, 5) is 12.0. The van der Waals surface area contributed by atoms with Gasteiger partial charge < -0.3 is 13.9 Å². The number of para-hydroxylation sites is 4. The molecule has 0 unspecified atom stereocenters. The van der Waals surface area contributed by atoms with E-state index in [1.54, 1.807) is 6.20 Å². The summed E-state index contributed by atoms with van der Waals surface area (Å²) < 4.78 is 8.83. The second-order valence-electron chi connectivity index (χ2n) is 12.7. The molecular formula is C46H30N4O. The third kappa shape index (κ3) is 4.94. The maximum absolute atomic E-state index is 6.48. The zero-order valence-corrected chi connectivity index (χ0v) is 27.5. The second kappa shape index (κ2) is 11.9. The van der Waals surface area contributed by atoms with Gasteiger partial charge in [-0.3, -0.25) is 4.98 Å². The Morgan fingerprint density at radius 3 is 1.76 bits per heavy atom. The average molecular weight is 655 g/mol. The maximum atomic E-state index is 6.48. The van der Waals surface area contributed by atoms with E-state index in [2.05, 4.69) is 160 Å². The van der Waals surface area contributed by atoms with E-state index in [9.17, 15) is 0 Å². The third-order valence-electron chi connectivity index (χ3n) is 9.62. The highest BCUT2D eigenvalue weighted by Crippen LogP contribution is 2.39. The van der Waals surface area contributed by atoms with Crippen molar-refractivity contribution in [2.24, 2.45) is 0 Å². The number of hydrogen-bond acceptors (Lipinski definition) is 4. The summed E-state index contributed by atoms with van der Waals surface area (Å²) in [6, 6.07) is 61.6. The summed E-state index contributed by atoms with van der Waals surface area (Å²) in [5.41, 5.74) is 12.0. The highest BCUT2D eigenvalue weighted by atomic mass is 16.3. The van der Waals surface area contributed by atoms with Gasteiger partial charge in [-0.05, 0) is 96.1 Å². The normalized spacial score (nSPS) is 11.5. The highest BCUT2D eigenvalue weighted by molar-refractivity contribution is 6.09. The van der Waals surface area contributed by atoms with Crippen LogP contribution in [0.4, 0.5) is 17.1 Å². The fraction of sp³-hybridized carbons (Fsp3) is 0. The number of nitrogens with zero attached hydrogens (tertiary/aromatic N) is 4. The monoisotopic (exact) mass is 654 g/mol. The van der Waals surface area contributed by atoms with Crippen molar-refractivity contribution in [3.63, 3.8) is 0 Å². The van der Waals surface area contributed by atoms with Crippen molar-refractivity contribution in [2.75, 3.05) is 4.90 Å². The van der Waals surface area contributed by atoms with Crippen molar-refractivity contribution in [1.82, 2.24) is 14.5 Å². The molecule has 0 radical (unpaired) electrons. The Balaban J connectivity index is 1.17. The molecular weight excluding hydrogens is 625 g/mol. The first-order chi connectivity index (χ1) is 25.3. The van der Waals surface area contributed by atoms with Crippen LogP contribution in [0.5, 0.6) is 0 Å². The molecule has 3 aromatic heterocycles. The zero-order valence-electron chi connectivity index (χ0n) is 27.5. The van der Waals surface area contributed by atoms with E-state index in [4.69, 9.17) is 9.40 Å². The van der Waals surface area contributed by atoms with E-state index in [0.29, 0.717) is 11.5 Å². The quantitative estimate of drug-likeness (QED) is 0.179. The summed E-state index contributed by atoms with van der Waals surface area (Å²) in [5.74, 6) is 0.558. The van der Waals surface area contributed by atoms with Gasteiger partial charge in [0, 0.05) is 50.7 Å². The van der Waals surface area contributed by atoms with Crippen LogP contribution in [0, 0.1) is 0 Å². The second-order valence-corrected chi connectivity index (χ2v) is 12.7. The number of pyridine rings is 1. The number of aromatic nitrogens is 3. The van der Waals surface area contributed by atoms with Crippen LogP contribution in [0.15, 0.2) is 187 Å². The Morgan fingerprint density at radius 2 is 1.08 bits per heavy atom. The maximum Gasteiger partial charge on any atom is 0.227 e. The zero-order chi connectivity index (χ0) is 33.7. The lowest BCUT2D eigenvalue weighted by atomic mass is 10.0. The van der Waals surface area contributed by atoms with Gasteiger partial charge in [0.15, 0.2) is 5.58 Å². The number of oxazole rings is 1. The first-order valence-electron chi connectivity index (χ1n) is 17.1. The smallest absolute Gasteiger partial charge is 0.227 e. The molecule has 240 valence electrons. The predicted molar refractivity (Wildman–Crippen MR) is 209 cm³/mol. The molecule has 0 saturated heterocycles. The molecule has 0 N–H and O–H groups in total. The van der Waals surface area contributed by atoms with Crippen LogP contribution >= 0.6 is 0 Å². The minimum absolute atomic E-state index is 0.558. The third-order valence-corrected chi connectivity index (χ3v) is 9.62. The Labute approximate surface area is 294 Å². The Hall–Kier alpha value is -6.98. The highest BCUT2D eigenvalue weighted by Gasteiger charge is 2.18. The Kier molecular flexibility index (Phi) is 6.74. The molecule has 7 aromatic carbocycles. The Morgan fingerprint density at radius 1 is 0.471 bits per heavy atom. The molecule has 5 heteroatoms. The van der Waals surface area contributed by atoms with Crippen LogP contribution in [0.2, 0.25) is 0 Å². The first kappa shape index (κ1) is 29.0. The summed E-state index contributed by atoms with van der Waals surface area (Å²) in [7, 11) is 0. The number of rotatable bonds is 6. The van der Waals surface area contributed by atoms with E-state index >= 15 is 0 Å². The van der Waals surface area contributed by atoms with Crippen molar-refractivity contribution in [3.8, 4) is 28.3 Å². The number of anilines is 3.